The zero-order valence-electron chi connectivity index (χ0n) is 16.8. The lowest BCUT2D eigenvalue weighted by Gasteiger charge is -2.15. The van der Waals surface area contributed by atoms with Gasteiger partial charge in [-0.3, -0.25) is 4.79 Å². The Morgan fingerprint density at radius 1 is 1.24 bits per heavy atom. The molecule has 0 bridgehead atoms. The van der Waals surface area contributed by atoms with Crippen LogP contribution in [0.25, 0.3) is 10.6 Å². The van der Waals surface area contributed by atoms with Crippen LogP contribution >= 0.6 is 11.3 Å². The second-order valence-electron chi connectivity index (χ2n) is 6.50. The number of ether oxygens (including phenoxy) is 2. The second-order valence-corrected chi connectivity index (χ2v) is 7.53. The van der Waals surface area contributed by atoms with Crippen molar-refractivity contribution in [3.8, 4) is 22.1 Å². The van der Waals surface area contributed by atoms with E-state index in [0.29, 0.717) is 23.7 Å². The van der Waals surface area contributed by atoms with Gasteiger partial charge in [-0.25, -0.2) is 4.98 Å². The molecule has 1 unspecified atom stereocenters. The van der Waals surface area contributed by atoms with Crippen LogP contribution in [0.4, 0.5) is 0 Å². The van der Waals surface area contributed by atoms with E-state index < -0.39 is 0 Å². The van der Waals surface area contributed by atoms with Gasteiger partial charge in [0, 0.05) is 11.1 Å². The number of amides is 1. The highest BCUT2D eigenvalue weighted by Crippen LogP contribution is 2.32. The molecular formula is C23H24N2O3S. The van der Waals surface area contributed by atoms with Crippen LogP contribution < -0.4 is 14.8 Å². The summed E-state index contributed by atoms with van der Waals surface area (Å²) in [6.45, 7) is 7.93. The number of aromatic nitrogens is 1. The monoisotopic (exact) mass is 408 g/mol. The summed E-state index contributed by atoms with van der Waals surface area (Å²) in [7, 11) is 1.55. The highest BCUT2D eigenvalue weighted by molar-refractivity contribution is 7.15. The molecule has 0 aliphatic carbocycles. The van der Waals surface area contributed by atoms with E-state index >= 15 is 0 Å². The molecule has 0 aliphatic rings. The molecule has 0 spiro atoms. The molecule has 0 saturated heterocycles. The first-order valence-electron chi connectivity index (χ1n) is 9.28. The maximum atomic E-state index is 12.8. The second kappa shape index (κ2) is 9.39. The number of nitrogens with one attached hydrogen (secondary N) is 1. The Morgan fingerprint density at radius 2 is 2.00 bits per heavy atom. The van der Waals surface area contributed by atoms with Crippen molar-refractivity contribution in [3.63, 3.8) is 0 Å². The minimum absolute atomic E-state index is 0.167. The predicted molar refractivity (Wildman–Crippen MR) is 117 cm³/mol. The van der Waals surface area contributed by atoms with Crippen LogP contribution in [0.3, 0.4) is 0 Å². The molecule has 2 aromatic carbocycles. The van der Waals surface area contributed by atoms with Crippen LogP contribution in [-0.4, -0.2) is 24.6 Å². The molecule has 0 fully saturated rings. The summed E-state index contributed by atoms with van der Waals surface area (Å²) < 4.78 is 10.9. The highest BCUT2D eigenvalue weighted by atomic mass is 32.1. The molecule has 5 nitrogen and oxygen atoms in total. The lowest BCUT2D eigenvalue weighted by atomic mass is 10.1. The van der Waals surface area contributed by atoms with Gasteiger partial charge in [0.2, 0.25) is 0 Å². The van der Waals surface area contributed by atoms with E-state index in [1.54, 1.807) is 42.7 Å². The van der Waals surface area contributed by atoms with Crippen molar-refractivity contribution in [1.82, 2.24) is 10.3 Å². The van der Waals surface area contributed by atoms with Gasteiger partial charge in [-0.1, -0.05) is 43.0 Å². The first-order chi connectivity index (χ1) is 14.0. The number of rotatable bonds is 8. The fourth-order valence-corrected chi connectivity index (χ4v) is 4.01. The molecular weight excluding hydrogens is 384 g/mol. The molecule has 1 heterocycles. The molecule has 29 heavy (non-hydrogen) atoms. The summed E-state index contributed by atoms with van der Waals surface area (Å²) in [5, 5.41) is 4.00. The normalized spacial score (nSPS) is 11.6. The smallest absolute Gasteiger partial charge is 0.251 e. The maximum Gasteiger partial charge on any atom is 0.251 e. The lowest BCUT2D eigenvalue weighted by molar-refractivity contribution is 0.0940. The van der Waals surface area contributed by atoms with Crippen molar-refractivity contribution < 1.29 is 14.3 Å². The van der Waals surface area contributed by atoms with Crippen LogP contribution in [0.1, 0.15) is 33.9 Å². The van der Waals surface area contributed by atoms with Crippen molar-refractivity contribution >= 4 is 17.2 Å². The number of thiazole rings is 1. The predicted octanol–water partition coefficient (Wildman–Crippen LogP) is 5.18. The van der Waals surface area contributed by atoms with E-state index in [1.807, 2.05) is 44.2 Å². The van der Waals surface area contributed by atoms with Crippen LogP contribution in [0.5, 0.6) is 11.5 Å². The van der Waals surface area contributed by atoms with Gasteiger partial charge >= 0.3 is 0 Å². The fraction of sp³-hybridized carbons (Fsp3) is 0.217. The molecule has 3 aromatic rings. The van der Waals surface area contributed by atoms with Crippen LogP contribution in [0, 0.1) is 6.92 Å². The van der Waals surface area contributed by atoms with E-state index in [9.17, 15) is 4.79 Å². The summed E-state index contributed by atoms with van der Waals surface area (Å²) in [6.07, 6.45) is 1.66. The highest BCUT2D eigenvalue weighted by Gasteiger charge is 2.19. The molecule has 3 rings (SSSR count). The third-order valence-corrected chi connectivity index (χ3v) is 5.77. The molecule has 1 amide bonds. The zero-order chi connectivity index (χ0) is 20.8. The number of nitrogens with zero attached hydrogens (tertiary/aromatic N) is 1. The van der Waals surface area contributed by atoms with Gasteiger partial charge in [-0.15, -0.1) is 11.3 Å². The molecule has 150 valence electrons. The average molecular weight is 409 g/mol. The average Bonchev–Trinajstić information content (AvgIpc) is 3.14. The molecule has 1 N–H and O–H groups in total. The summed E-state index contributed by atoms with van der Waals surface area (Å²) in [5.41, 5.74) is 2.50. The number of hydrogen-bond acceptors (Lipinski definition) is 5. The van der Waals surface area contributed by atoms with Crippen LogP contribution in [0.2, 0.25) is 0 Å². The fourth-order valence-electron chi connectivity index (χ4n) is 2.94. The first-order valence-corrected chi connectivity index (χ1v) is 10.1. The summed E-state index contributed by atoms with van der Waals surface area (Å²) in [4.78, 5) is 18.5. The van der Waals surface area contributed by atoms with Gasteiger partial charge in [0.1, 0.15) is 11.6 Å². The quantitative estimate of drug-likeness (QED) is 0.522. The SMILES string of the molecule is C=CCOc1ccc(C(=O)NC(C)c2sc(-c3ccccc3)nc2C)cc1OC. The zero-order valence-corrected chi connectivity index (χ0v) is 17.6. The topological polar surface area (TPSA) is 60.5 Å². The van der Waals surface area contributed by atoms with E-state index in [-0.39, 0.29) is 11.9 Å². The van der Waals surface area contributed by atoms with Crippen LogP contribution in [-0.2, 0) is 0 Å². The largest absolute Gasteiger partial charge is 0.493 e. The van der Waals surface area contributed by atoms with E-state index in [1.165, 1.54) is 0 Å². The Kier molecular flexibility index (Phi) is 6.67. The van der Waals surface area contributed by atoms with Crippen LogP contribution in [0.15, 0.2) is 61.2 Å². The molecule has 1 atom stereocenters. The molecule has 0 aliphatic heterocycles. The van der Waals surface area contributed by atoms with E-state index in [0.717, 1.165) is 21.1 Å². The van der Waals surface area contributed by atoms with E-state index in [4.69, 9.17) is 9.47 Å². The maximum absolute atomic E-state index is 12.8. The third-order valence-electron chi connectivity index (χ3n) is 4.38. The van der Waals surface area contributed by atoms with Gasteiger partial charge in [0.15, 0.2) is 11.5 Å². The minimum Gasteiger partial charge on any atom is -0.493 e. The molecule has 0 radical (unpaired) electrons. The van der Waals surface area contributed by atoms with Gasteiger partial charge in [0.05, 0.1) is 23.7 Å². The lowest BCUT2D eigenvalue weighted by Crippen LogP contribution is -2.26. The number of methoxy groups -OCH3 is 1. The van der Waals surface area contributed by atoms with Crippen molar-refractivity contribution in [2.24, 2.45) is 0 Å². The summed E-state index contributed by atoms with van der Waals surface area (Å²) in [6, 6.07) is 15.0. The summed E-state index contributed by atoms with van der Waals surface area (Å²) in [5.74, 6) is 0.899. The Morgan fingerprint density at radius 3 is 2.69 bits per heavy atom. The van der Waals surface area contributed by atoms with Crippen molar-refractivity contribution in [3.05, 3.63) is 77.3 Å². The van der Waals surface area contributed by atoms with Gasteiger partial charge < -0.3 is 14.8 Å². The Labute approximate surface area is 175 Å². The third kappa shape index (κ3) is 4.84. The van der Waals surface area contributed by atoms with Gasteiger partial charge in [0.25, 0.3) is 5.91 Å². The number of hydrogen-bond donors (Lipinski definition) is 1. The van der Waals surface area contributed by atoms with Crippen molar-refractivity contribution in [2.45, 2.75) is 19.9 Å². The number of benzene rings is 2. The standard InChI is InChI=1S/C23H24N2O3S/c1-5-13-28-19-12-11-18(14-20(19)27-4)22(26)24-15(2)21-16(3)25-23(29-21)17-9-7-6-8-10-17/h5-12,14-15H,1,13H2,2-4H3,(H,24,26). The molecule has 1 aromatic heterocycles. The molecule has 0 saturated carbocycles. The summed E-state index contributed by atoms with van der Waals surface area (Å²) >= 11 is 1.60. The van der Waals surface area contributed by atoms with Crippen molar-refractivity contribution in [1.29, 1.82) is 0 Å². The number of carbonyl (C=O) groups excluding carboxylic acids is 1. The van der Waals surface area contributed by atoms with Gasteiger partial charge in [-0.05, 0) is 32.0 Å². The Balaban J connectivity index is 1.75. The Hall–Kier alpha value is -3.12. The minimum atomic E-state index is -0.180. The van der Waals surface area contributed by atoms with Gasteiger partial charge in [-0.2, -0.15) is 0 Å². The first kappa shape index (κ1) is 20.6. The Bertz CT molecular complexity index is 999. The number of carbonyl (C=O) groups is 1. The van der Waals surface area contributed by atoms with Crippen molar-refractivity contribution in [2.75, 3.05) is 13.7 Å². The van der Waals surface area contributed by atoms with E-state index in [2.05, 4.69) is 16.9 Å². The molecule has 6 heteroatoms. The number of aryl methyl sites for hydroxylation is 1.